The summed E-state index contributed by atoms with van der Waals surface area (Å²) in [7, 11) is 1.59. The molecule has 2 N–H and O–H groups in total. The van der Waals surface area contributed by atoms with Crippen molar-refractivity contribution >= 4 is 29.3 Å². The molecular weight excluding hydrogens is 393 g/mol. The van der Waals surface area contributed by atoms with Crippen molar-refractivity contribution in [3.05, 3.63) is 29.1 Å². The minimum Gasteiger partial charge on any atom is -0.384 e. The van der Waals surface area contributed by atoms with E-state index in [0.717, 1.165) is 0 Å². The number of fused-ring (bicyclic) bond motifs is 4. The molecule has 30 heavy (non-hydrogen) atoms. The average molecular weight is 417 g/mol. The van der Waals surface area contributed by atoms with Crippen LogP contribution in [0.2, 0.25) is 0 Å². The van der Waals surface area contributed by atoms with Crippen molar-refractivity contribution in [3.63, 3.8) is 0 Å². The topological polar surface area (TPSA) is 105 Å². The minimum atomic E-state index is -1.60. The van der Waals surface area contributed by atoms with Crippen molar-refractivity contribution in [1.29, 1.82) is 0 Å². The zero-order valence-corrected chi connectivity index (χ0v) is 17.1. The van der Waals surface area contributed by atoms with E-state index in [1.807, 2.05) is 6.92 Å². The normalized spacial score (nSPS) is 27.3. The van der Waals surface area contributed by atoms with Crippen LogP contribution in [0, 0.1) is 23.1 Å². The third kappa shape index (κ3) is 2.91. The number of imide groups is 2. The van der Waals surface area contributed by atoms with Crippen molar-refractivity contribution in [2.24, 2.45) is 17.3 Å². The van der Waals surface area contributed by atoms with Gasteiger partial charge in [-0.15, -0.1) is 0 Å². The molecule has 160 valence electrons. The first kappa shape index (κ1) is 20.5. The second-order valence-corrected chi connectivity index (χ2v) is 8.54. The third-order valence-electron chi connectivity index (χ3n) is 6.51. The maximum absolute atomic E-state index is 15.2. The van der Waals surface area contributed by atoms with Crippen LogP contribution in [0.4, 0.5) is 14.9 Å². The lowest BCUT2D eigenvalue weighted by molar-refractivity contribution is -0.148. The number of benzene rings is 1. The quantitative estimate of drug-likeness (QED) is 0.569. The molecule has 1 aromatic carbocycles. The lowest BCUT2D eigenvalue weighted by atomic mass is 9.62. The van der Waals surface area contributed by atoms with Gasteiger partial charge in [-0.05, 0) is 43.4 Å². The molecule has 3 aliphatic heterocycles. The lowest BCUT2D eigenvalue weighted by Gasteiger charge is -2.56. The summed E-state index contributed by atoms with van der Waals surface area (Å²) in [6, 6.07) is 1.24. The van der Waals surface area contributed by atoms with Gasteiger partial charge in [-0.25, -0.2) is 9.18 Å². The molecule has 0 saturated carbocycles. The van der Waals surface area contributed by atoms with Gasteiger partial charge in [0.1, 0.15) is 5.82 Å². The van der Waals surface area contributed by atoms with Gasteiger partial charge < -0.3 is 9.64 Å². The number of amides is 4. The van der Waals surface area contributed by atoms with Crippen LogP contribution in [-0.2, 0) is 20.7 Å². The van der Waals surface area contributed by atoms with E-state index in [-0.39, 0.29) is 29.6 Å². The number of barbiturate groups is 1. The average Bonchev–Trinajstić information content (AvgIpc) is 2.65. The Morgan fingerprint density at radius 3 is 2.53 bits per heavy atom. The number of nitrogens with zero attached hydrogens (tertiary/aromatic N) is 1. The number of rotatable bonds is 3. The molecule has 0 aromatic heterocycles. The van der Waals surface area contributed by atoms with E-state index in [0.29, 0.717) is 30.8 Å². The molecule has 0 bridgehead atoms. The molecule has 0 aliphatic carbocycles. The third-order valence-corrected chi connectivity index (χ3v) is 6.51. The zero-order chi connectivity index (χ0) is 21.8. The van der Waals surface area contributed by atoms with E-state index in [4.69, 9.17) is 4.74 Å². The van der Waals surface area contributed by atoms with Gasteiger partial charge in [0.05, 0.1) is 18.3 Å². The van der Waals surface area contributed by atoms with Gasteiger partial charge in [0.2, 0.25) is 11.8 Å². The fraction of sp³-hybridized carbons (Fsp3) is 0.524. The molecule has 3 heterocycles. The first-order valence-electron chi connectivity index (χ1n) is 9.94. The summed E-state index contributed by atoms with van der Waals surface area (Å²) in [6.45, 7) is 4.10. The van der Waals surface area contributed by atoms with Gasteiger partial charge in [-0.1, -0.05) is 6.92 Å². The number of carbonyl (C=O) groups excluding carboxylic acids is 4. The molecule has 4 amide bonds. The Bertz CT molecular complexity index is 942. The number of Topliss-reactive ketones (excluding diaryl/α,β-unsaturated/α-hetero) is 1. The second-order valence-electron chi connectivity index (χ2n) is 8.54. The number of ketones is 1. The predicted octanol–water partition coefficient (Wildman–Crippen LogP) is 1.41. The summed E-state index contributed by atoms with van der Waals surface area (Å²) < 4.78 is 20.5. The first-order chi connectivity index (χ1) is 14.2. The highest BCUT2D eigenvalue weighted by atomic mass is 19.1. The van der Waals surface area contributed by atoms with E-state index in [2.05, 4.69) is 10.6 Å². The first-order valence-corrected chi connectivity index (χ1v) is 9.94. The fourth-order valence-corrected chi connectivity index (χ4v) is 5.48. The number of anilines is 1. The van der Waals surface area contributed by atoms with Crippen LogP contribution >= 0.6 is 0 Å². The van der Waals surface area contributed by atoms with Crippen LogP contribution in [0.1, 0.15) is 36.2 Å². The van der Waals surface area contributed by atoms with Gasteiger partial charge in [0.25, 0.3) is 0 Å². The van der Waals surface area contributed by atoms with Crippen LogP contribution < -0.4 is 15.5 Å². The maximum Gasteiger partial charge on any atom is 0.328 e. The molecule has 1 aromatic rings. The number of carbonyl (C=O) groups is 4. The summed E-state index contributed by atoms with van der Waals surface area (Å²) in [4.78, 5) is 51.6. The predicted molar refractivity (Wildman–Crippen MR) is 105 cm³/mol. The van der Waals surface area contributed by atoms with Crippen LogP contribution in [-0.4, -0.2) is 49.9 Å². The molecule has 3 atom stereocenters. The number of nitrogens with one attached hydrogen (secondary N) is 2. The molecule has 0 radical (unpaired) electrons. The number of methoxy groups -OCH3 is 1. The standard InChI is InChI=1S/C21H24FN3O5/c1-10-4-12(9-30-3)8-25-16-14(5-13(11(2)26)6-15(16)22)7-21(17(10)25)18(27)23-20(29)24-19(21)28/h5-6,10,12,17H,4,7-9H2,1-3H3,(H2,23,24,27,28,29)/t10-,12+,17-/m1/s1. The Morgan fingerprint density at radius 1 is 1.27 bits per heavy atom. The Kier molecular flexibility index (Phi) is 4.88. The molecule has 2 saturated heterocycles. The zero-order valence-electron chi connectivity index (χ0n) is 17.1. The molecule has 4 rings (SSSR count). The van der Waals surface area contributed by atoms with Crippen molar-refractivity contribution in [1.82, 2.24) is 10.6 Å². The van der Waals surface area contributed by atoms with E-state index in [9.17, 15) is 19.2 Å². The maximum atomic E-state index is 15.2. The van der Waals surface area contributed by atoms with Gasteiger partial charge in [0, 0.05) is 25.1 Å². The largest absolute Gasteiger partial charge is 0.384 e. The van der Waals surface area contributed by atoms with Gasteiger partial charge in [-0.2, -0.15) is 0 Å². The second kappa shape index (κ2) is 7.16. The number of piperidine rings is 1. The van der Waals surface area contributed by atoms with Gasteiger partial charge in [0.15, 0.2) is 11.2 Å². The Balaban J connectivity index is 1.92. The van der Waals surface area contributed by atoms with Gasteiger partial charge >= 0.3 is 6.03 Å². The molecular formula is C21H24FN3O5. The van der Waals surface area contributed by atoms with Crippen molar-refractivity contribution < 1.29 is 28.3 Å². The lowest BCUT2D eigenvalue weighted by Crippen LogP contribution is -2.74. The molecule has 1 spiro atoms. The Hall–Kier alpha value is -2.81. The minimum absolute atomic E-state index is 0.0764. The molecule has 9 heteroatoms. The number of ether oxygens (including phenoxy) is 1. The summed E-state index contributed by atoms with van der Waals surface area (Å²) >= 11 is 0. The van der Waals surface area contributed by atoms with E-state index < -0.39 is 35.1 Å². The van der Waals surface area contributed by atoms with E-state index in [1.165, 1.54) is 13.0 Å². The van der Waals surface area contributed by atoms with Crippen LogP contribution in [0.25, 0.3) is 0 Å². The van der Waals surface area contributed by atoms with Crippen molar-refractivity contribution in [3.8, 4) is 0 Å². The molecule has 3 aliphatic rings. The fourth-order valence-electron chi connectivity index (χ4n) is 5.48. The smallest absolute Gasteiger partial charge is 0.328 e. The summed E-state index contributed by atoms with van der Waals surface area (Å²) in [6.07, 6.45) is 0.597. The number of urea groups is 1. The van der Waals surface area contributed by atoms with Crippen molar-refractivity contribution in [2.75, 3.05) is 25.2 Å². The molecule has 2 fully saturated rings. The summed E-state index contributed by atoms with van der Waals surface area (Å²) in [5, 5.41) is 4.44. The Labute approximate surface area is 173 Å². The van der Waals surface area contributed by atoms with E-state index in [1.54, 1.807) is 18.1 Å². The Morgan fingerprint density at radius 2 is 1.93 bits per heavy atom. The molecule has 8 nitrogen and oxygen atoms in total. The number of hydrogen-bond acceptors (Lipinski definition) is 6. The summed E-state index contributed by atoms with van der Waals surface area (Å²) in [5.74, 6) is -2.33. The van der Waals surface area contributed by atoms with Crippen LogP contribution in [0.5, 0.6) is 0 Å². The van der Waals surface area contributed by atoms with Crippen molar-refractivity contribution in [2.45, 2.75) is 32.7 Å². The summed E-state index contributed by atoms with van der Waals surface area (Å²) in [5.41, 5.74) is -0.714. The van der Waals surface area contributed by atoms with Crippen LogP contribution in [0.15, 0.2) is 12.1 Å². The van der Waals surface area contributed by atoms with E-state index >= 15 is 4.39 Å². The SMILES string of the molecule is COC[C@H]1C[C@@H](C)[C@H]2N(C1)c1c(F)cc(C(C)=O)cc1CC21C(=O)NC(=O)NC1=O. The highest BCUT2D eigenvalue weighted by Crippen LogP contribution is 2.50. The monoisotopic (exact) mass is 417 g/mol. The van der Waals surface area contributed by atoms with Gasteiger partial charge in [-0.3, -0.25) is 25.0 Å². The number of halogens is 1. The highest BCUT2D eigenvalue weighted by Gasteiger charge is 2.62. The molecule has 0 unspecified atom stereocenters. The highest BCUT2D eigenvalue weighted by molar-refractivity contribution is 6.20. The number of hydrogen-bond donors (Lipinski definition) is 2. The van der Waals surface area contributed by atoms with Crippen LogP contribution in [0.3, 0.4) is 0 Å².